The molecule has 21 heavy (non-hydrogen) atoms. The van der Waals surface area contributed by atoms with Crippen LogP contribution in [0.1, 0.15) is 18.6 Å². The molecule has 0 spiro atoms. The molecule has 0 aliphatic carbocycles. The molecule has 5 heteroatoms. The monoisotopic (exact) mass is 287 g/mol. The molecule has 1 heterocycles. The Kier molecular flexibility index (Phi) is 3.66. The number of fused-ring (bicyclic) bond motifs is 1. The predicted molar refractivity (Wildman–Crippen MR) is 78.3 cm³/mol. The zero-order chi connectivity index (χ0) is 14.8. The largest absolute Gasteiger partial charge is 0.489 e. The van der Waals surface area contributed by atoms with Crippen molar-refractivity contribution in [2.75, 3.05) is 13.2 Å². The number of rotatable bonds is 4. The number of aliphatic hydroxyl groups is 1. The van der Waals surface area contributed by atoms with Crippen LogP contribution in [0.25, 0.3) is 10.8 Å². The van der Waals surface area contributed by atoms with Crippen molar-refractivity contribution in [1.82, 2.24) is 5.32 Å². The first-order valence-corrected chi connectivity index (χ1v) is 6.92. The van der Waals surface area contributed by atoms with Crippen LogP contribution in [0.4, 0.5) is 4.79 Å². The van der Waals surface area contributed by atoms with Crippen LogP contribution in [0.3, 0.4) is 0 Å². The van der Waals surface area contributed by atoms with Gasteiger partial charge in [0.15, 0.2) is 6.10 Å². The Labute approximate surface area is 122 Å². The van der Waals surface area contributed by atoms with Gasteiger partial charge >= 0.3 is 6.09 Å². The minimum Gasteiger partial charge on any atom is -0.489 e. The molecule has 1 amide bonds. The summed E-state index contributed by atoms with van der Waals surface area (Å²) in [6.45, 7) is 2.40. The number of aliphatic hydroxyl groups excluding tert-OH is 1. The van der Waals surface area contributed by atoms with Crippen molar-refractivity contribution >= 4 is 16.9 Å². The molecule has 1 unspecified atom stereocenters. The van der Waals surface area contributed by atoms with Crippen molar-refractivity contribution < 1.29 is 19.4 Å². The van der Waals surface area contributed by atoms with Gasteiger partial charge in [0.1, 0.15) is 12.4 Å². The maximum Gasteiger partial charge on any atom is 0.407 e. The fourth-order valence-corrected chi connectivity index (χ4v) is 2.45. The van der Waals surface area contributed by atoms with Gasteiger partial charge in [-0.3, -0.25) is 0 Å². The first-order chi connectivity index (χ1) is 10.1. The highest BCUT2D eigenvalue weighted by Gasteiger charge is 2.24. The summed E-state index contributed by atoms with van der Waals surface area (Å²) in [4.78, 5) is 11.0. The van der Waals surface area contributed by atoms with Gasteiger partial charge in [-0.2, -0.15) is 0 Å². The average molecular weight is 287 g/mol. The Morgan fingerprint density at radius 1 is 1.38 bits per heavy atom. The Morgan fingerprint density at radius 3 is 2.90 bits per heavy atom. The Morgan fingerprint density at radius 2 is 2.19 bits per heavy atom. The molecule has 0 radical (unpaired) electrons. The summed E-state index contributed by atoms with van der Waals surface area (Å²) in [6, 6.07) is 11.7. The Bertz CT molecular complexity index is 668. The molecule has 2 aromatic rings. The second-order valence-corrected chi connectivity index (χ2v) is 5.10. The molecule has 5 nitrogen and oxygen atoms in total. The van der Waals surface area contributed by atoms with Gasteiger partial charge in [0.25, 0.3) is 0 Å². The summed E-state index contributed by atoms with van der Waals surface area (Å²) in [5.74, 6) is 0.644. The third-order valence-corrected chi connectivity index (χ3v) is 3.52. The van der Waals surface area contributed by atoms with Crippen molar-refractivity contribution in [3.05, 3.63) is 42.0 Å². The quantitative estimate of drug-likeness (QED) is 0.906. The van der Waals surface area contributed by atoms with Gasteiger partial charge in [-0.15, -0.1) is 0 Å². The van der Waals surface area contributed by atoms with Gasteiger partial charge in [0.2, 0.25) is 0 Å². The van der Waals surface area contributed by atoms with Gasteiger partial charge in [-0.25, -0.2) is 4.79 Å². The minimum atomic E-state index is -0.631. The fourth-order valence-electron chi connectivity index (χ4n) is 2.45. The minimum absolute atomic E-state index is 0.256. The summed E-state index contributed by atoms with van der Waals surface area (Å²) in [6.07, 6.45) is -1.36. The molecule has 1 fully saturated rings. The maximum absolute atomic E-state index is 11.0. The highest BCUT2D eigenvalue weighted by atomic mass is 16.6. The smallest absolute Gasteiger partial charge is 0.407 e. The number of alkyl carbamates (subject to hydrolysis) is 1. The molecule has 0 aromatic heterocycles. The summed E-state index contributed by atoms with van der Waals surface area (Å²) in [5, 5.41) is 14.5. The Hall–Kier alpha value is -2.27. The van der Waals surface area contributed by atoms with E-state index in [1.165, 1.54) is 0 Å². The van der Waals surface area contributed by atoms with E-state index in [-0.39, 0.29) is 12.7 Å². The number of benzene rings is 2. The predicted octanol–water partition coefficient (Wildman–Crippen LogP) is 2.38. The van der Waals surface area contributed by atoms with E-state index in [0.717, 1.165) is 16.3 Å². The first-order valence-electron chi connectivity index (χ1n) is 6.92. The normalized spacial score (nSPS) is 19.1. The van der Waals surface area contributed by atoms with Crippen molar-refractivity contribution in [3.63, 3.8) is 0 Å². The van der Waals surface area contributed by atoms with E-state index in [1.54, 1.807) is 6.92 Å². The van der Waals surface area contributed by atoms with Crippen molar-refractivity contribution in [1.29, 1.82) is 0 Å². The molecule has 0 saturated carbocycles. The summed E-state index contributed by atoms with van der Waals surface area (Å²) in [7, 11) is 0. The van der Waals surface area contributed by atoms with Crippen LogP contribution in [0.2, 0.25) is 0 Å². The Balaban J connectivity index is 1.90. The second kappa shape index (κ2) is 5.61. The number of amides is 1. The number of hydrogen-bond donors (Lipinski definition) is 2. The molecular formula is C16H17NO4. The lowest BCUT2D eigenvalue weighted by atomic mass is 10.0. The zero-order valence-corrected chi connectivity index (χ0v) is 11.7. The molecule has 0 bridgehead atoms. The highest BCUT2D eigenvalue weighted by Crippen LogP contribution is 2.33. The molecule has 1 aliphatic heterocycles. The summed E-state index contributed by atoms with van der Waals surface area (Å²) >= 11 is 0. The molecule has 2 aromatic carbocycles. The van der Waals surface area contributed by atoms with E-state index in [4.69, 9.17) is 9.47 Å². The number of carbonyl (C=O) groups excluding carboxylic acids is 1. The lowest BCUT2D eigenvalue weighted by molar-refractivity contribution is 0.103. The van der Waals surface area contributed by atoms with Gasteiger partial charge in [0.05, 0.1) is 12.6 Å². The second-order valence-electron chi connectivity index (χ2n) is 5.10. The van der Waals surface area contributed by atoms with Crippen molar-refractivity contribution in [2.45, 2.75) is 19.1 Å². The van der Waals surface area contributed by atoms with Crippen LogP contribution in [0.5, 0.6) is 5.75 Å². The molecule has 110 valence electrons. The van der Waals surface area contributed by atoms with Crippen LogP contribution >= 0.6 is 0 Å². The van der Waals surface area contributed by atoms with Gasteiger partial charge < -0.3 is 19.9 Å². The highest BCUT2D eigenvalue weighted by molar-refractivity contribution is 5.89. The van der Waals surface area contributed by atoms with Crippen LogP contribution in [0, 0.1) is 0 Å². The SMILES string of the molecule is C[C@H](O)c1ccc2ccccc2c1OCC1CNC(=O)O1. The van der Waals surface area contributed by atoms with E-state index >= 15 is 0 Å². The number of nitrogens with one attached hydrogen (secondary N) is 1. The first kappa shape index (κ1) is 13.7. The topological polar surface area (TPSA) is 67.8 Å². The molecular weight excluding hydrogens is 270 g/mol. The molecule has 2 atom stereocenters. The van der Waals surface area contributed by atoms with Crippen molar-refractivity contribution in [2.24, 2.45) is 0 Å². The van der Waals surface area contributed by atoms with E-state index in [0.29, 0.717) is 12.3 Å². The van der Waals surface area contributed by atoms with E-state index in [2.05, 4.69) is 5.32 Å². The van der Waals surface area contributed by atoms with Crippen LogP contribution < -0.4 is 10.1 Å². The number of cyclic esters (lactones) is 1. The number of ether oxygens (including phenoxy) is 2. The third kappa shape index (κ3) is 2.78. The van der Waals surface area contributed by atoms with E-state index in [9.17, 15) is 9.90 Å². The standard InChI is InChI=1S/C16H17NO4/c1-10(18)13-7-6-11-4-2-3-5-14(11)15(13)20-9-12-8-17-16(19)21-12/h2-7,10,12,18H,8-9H2,1H3,(H,17,19)/t10-,12?/m0/s1. The maximum atomic E-state index is 11.0. The lowest BCUT2D eigenvalue weighted by Crippen LogP contribution is -2.22. The molecule has 1 aliphatic rings. The van der Waals surface area contributed by atoms with Crippen LogP contribution in [-0.4, -0.2) is 30.5 Å². The average Bonchev–Trinajstić information content (AvgIpc) is 2.90. The van der Waals surface area contributed by atoms with Gasteiger partial charge in [-0.1, -0.05) is 36.4 Å². The van der Waals surface area contributed by atoms with Gasteiger partial charge in [0, 0.05) is 10.9 Å². The zero-order valence-electron chi connectivity index (χ0n) is 11.7. The van der Waals surface area contributed by atoms with Crippen LogP contribution in [-0.2, 0) is 4.74 Å². The third-order valence-electron chi connectivity index (χ3n) is 3.52. The van der Waals surface area contributed by atoms with E-state index < -0.39 is 12.2 Å². The summed E-state index contributed by atoms with van der Waals surface area (Å²) in [5.41, 5.74) is 0.728. The van der Waals surface area contributed by atoms with Crippen molar-refractivity contribution in [3.8, 4) is 5.75 Å². The lowest BCUT2D eigenvalue weighted by Gasteiger charge is -2.17. The molecule has 1 saturated heterocycles. The molecule has 3 rings (SSSR count). The molecule has 2 N–H and O–H groups in total. The van der Waals surface area contributed by atoms with Gasteiger partial charge in [-0.05, 0) is 12.3 Å². The number of carbonyl (C=O) groups is 1. The van der Waals surface area contributed by atoms with Crippen LogP contribution in [0.15, 0.2) is 36.4 Å². The fraction of sp³-hybridized carbons (Fsp3) is 0.312. The van der Waals surface area contributed by atoms with E-state index in [1.807, 2.05) is 36.4 Å². The summed E-state index contributed by atoms with van der Waals surface area (Å²) < 4.78 is 10.9. The number of hydrogen-bond acceptors (Lipinski definition) is 4.